The van der Waals surface area contributed by atoms with Gasteiger partial charge in [0, 0.05) is 25.1 Å². The lowest BCUT2D eigenvalue weighted by molar-refractivity contribution is -0.118. The molecule has 124 valence electrons. The van der Waals surface area contributed by atoms with E-state index in [1.165, 1.54) is 12.1 Å². The average Bonchev–Trinajstić information content (AvgIpc) is 2.86. The van der Waals surface area contributed by atoms with Gasteiger partial charge in [-0.2, -0.15) is 0 Å². The van der Waals surface area contributed by atoms with Gasteiger partial charge < -0.3 is 10.3 Å². The Morgan fingerprint density at radius 2 is 2.00 bits per heavy atom. The summed E-state index contributed by atoms with van der Waals surface area (Å²) >= 11 is 1.55. The van der Waals surface area contributed by atoms with Gasteiger partial charge in [-0.25, -0.2) is 4.39 Å². The van der Waals surface area contributed by atoms with Gasteiger partial charge in [-0.05, 0) is 23.6 Å². The number of carbonyl (C=O) groups excluding carboxylic acids is 1. The molecular formula is C16H21FN4OS. The molecule has 0 saturated heterocycles. The zero-order valence-electron chi connectivity index (χ0n) is 13.3. The normalized spacial score (nSPS) is 11.1. The van der Waals surface area contributed by atoms with Crippen LogP contribution >= 0.6 is 11.8 Å². The molecule has 1 aromatic heterocycles. The highest BCUT2D eigenvalue weighted by atomic mass is 32.2. The SMILES string of the molecule is CC(C)Cn1c(CCC(N)=O)nnc1SCc1ccc(F)cc1. The van der Waals surface area contributed by atoms with Crippen LogP contribution < -0.4 is 5.73 Å². The summed E-state index contributed by atoms with van der Waals surface area (Å²) in [4.78, 5) is 11.0. The summed E-state index contributed by atoms with van der Waals surface area (Å²) in [5.74, 6) is 1.31. The summed E-state index contributed by atoms with van der Waals surface area (Å²) in [7, 11) is 0. The third-order valence-electron chi connectivity index (χ3n) is 3.22. The standard InChI is InChI=1S/C16H21FN4OS/c1-11(2)9-21-15(8-7-14(18)22)19-20-16(21)23-10-12-3-5-13(17)6-4-12/h3-6,11H,7-10H2,1-2H3,(H2,18,22). The summed E-state index contributed by atoms with van der Waals surface area (Å²) in [6, 6.07) is 6.43. The molecule has 1 heterocycles. The molecule has 0 aliphatic rings. The fraction of sp³-hybridized carbons (Fsp3) is 0.438. The molecule has 2 aromatic rings. The predicted molar refractivity (Wildman–Crippen MR) is 88.3 cm³/mol. The first-order chi connectivity index (χ1) is 11.0. The Kier molecular flexibility index (Phi) is 6.15. The van der Waals surface area contributed by atoms with E-state index in [2.05, 4.69) is 24.0 Å². The van der Waals surface area contributed by atoms with E-state index in [1.54, 1.807) is 23.9 Å². The highest BCUT2D eigenvalue weighted by Gasteiger charge is 2.14. The Balaban J connectivity index is 2.10. The molecule has 2 N–H and O–H groups in total. The zero-order valence-corrected chi connectivity index (χ0v) is 14.1. The molecule has 0 radical (unpaired) electrons. The van der Waals surface area contributed by atoms with Crippen LogP contribution in [0.2, 0.25) is 0 Å². The highest BCUT2D eigenvalue weighted by Crippen LogP contribution is 2.23. The Morgan fingerprint density at radius 1 is 1.30 bits per heavy atom. The maximum Gasteiger partial charge on any atom is 0.217 e. The summed E-state index contributed by atoms with van der Waals surface area (Å²) < 4.78 is 15.0. The Hall–Kier alpha value is -1.89. The van der Waals surface area contributed by atoms with Crippen molar-refractivity contribution in [1.82, 2.24) is 14.8 Å². The second kappa shape index (κ2) is 8.10. The van der Waals surface area contributed by atoms with Crippen molar-refractivity contribution in [2.24, 2.45) is 11.7 Å². The summed E-state index contributed by atoms with van der Waals surface area (Å²) in [5, 5.41) is 9.23. The molecule has 0 aliphatic heterocycles. The fourth-order valence-electron chi connectivity index (χ4n) is 2.12. The molecule has 0 saturated carbocycles. The number of benzene rings is 1. The van der Waals surface area contributed by atoms with Crippen LogP contribution in [-0.4, -0.2) is 20.7 Å². The van der Waals surface area contributed by atoms with Gasteiger partial charge in [0.15, 0.2) is 5.16 Å². The van der Waals surface area contributed by atoms with Gasteiger partial charge in [0.2, 0.25) is 5.91 Å². The van der Waals surface area contributed by atoms with Gasteiger partial charge in [-0.3, -0.25) is 4.79 Å². The number of halogens is 1. The number of carbonyl (C=O) groups is 1. The molecule has 0 bridgehead atoms. The summed E-state index contributed by atoms with van der Waals surface area (Å²) in [5.41, 5.74) is 6.24. The van der Waals surface area contributed by atoms with Gasteiger partial charge in [0.25, 0.3) is 0 Å². The van der Waals surface area contributed by atoms with Crippen LogP contribution in [-0.2, 0) is 23.5 Å². The third kappa shape index (κ3) is 5.35. The van der Waals surface area contributed by atoms with Crippen LogP contribution in [0.15, 0.2) is 29.4 Å². The van der Waals surface area contributed by atoms with E-state index in [0.29, 0.717) is 18.1 Å². The molecule has 5 nitrogen and oxygen atoms in total. The topological polar surface area (TPSA) is 73.8 Å². The lowest BCUT2D eigenvalue weighted by Crippen LogP contribution is -2.15. The Labute approximate surface area is 139 Å². The smallest absolute Gasteiger partial charge is 0.217 e. The molecule has 2 rings (SSSR count). The number of hydrogen-bond acceptors (Lipinski definition) is 4. The van der Waals surface area contributed by atoms with Crippen molar-refractivity contribution < 1.29 is 9.18 Å². The van der Waals surface area contributed by atoms with E-state index in [-0.39, 0.29) is 18.1 Å². The van der Waals surface area contributed by atoms with Gasteiger partial charge in [-0.15, -0.1) is 10.2 Å². The number of nitrogens with zero attached hydrogens (tertiary/aromatic N) is 3. The molecule has 0 aliphatic carbocycles. The number of aromatic nitrogens is 3. The minimum atomic E-state index is -0.343. The van der Waals surface area contributed by atoms with Gasteiger partial charge in [-0.1, -0.05) is 37.7 Å². The average molecular weight is 336 g/mol. The first kappa shape index (κ1) is 17.5. The van der Waals surface area contributed by atoms with Crippen molar-refractivity contribution in [2.75, 3.05) is 0 Å². The van der Waals surface area contributed by atoms with E-state index >= 15 is 0 Å². The van der Waals surface area contributed by atoms with Crippen LogP contribution in [0.5, 0.6) is 0 Å². The van der Waals surface area contributed by atoms with Crippen molar-refractivity contribution in [1.29, 1.82) is 0 Å². The lowest BCUT2D eigenvalue weighted by Gasteiger charge is -2.12. The molecule has 0 fully saturated rings. The first-order valence-electron chi connectivity index (χ1n) is 7.53. The van der Waals surface area contributed by atoms with Crippen molar-refractivity contribution in [3.8, 4) is 0 Å². The van der Waals surface area contributed by atoms with E-state index in [0.717, 1.165) is 23.1 Å². The molecule has 1 amide bonds. The Bertz CT molecular complexity index is 655. The minimum Gasteiger partial charge on any atom is -0.370 e. The monoisotopic (exact) mass is 336 g/mol. The van der Waals surface area contributed by atoms with Crippen molar-refractivity contribution in [3.05, 3.63) is 41.5 Å². The van der Waals surface area contributed by atoms with Crippen LogP contribution in [0.4, 0.5) is 4.39 Å². The molecular weight excluding hydrogens is 315 g/mol. The van der Waals surface area contributed by atoms with Crippen LogP contribution in [0, 0.1) is 11.7 Å². The number of aryl methyl sites for hydroxylation is 1. The van der Waals surface area contributed by atoms with Crippen LogP contribution in [0.3, 0.4) is 0 Å². The zero-order chi connectivity index (χ0) is 16.8. The molecule has 7 heteroatoms. The minimum absolute atomic E-state index is 0.240. The maximum atomic E-state index is 12.9. The highest BCUT2D eigenvalue weighted by molar-refractivity contribution is 7.98. The van der Waals surface area contributed by atoms with Gasteiger partial charge in [0.1, 0.15) is 11.6 Å². The predicted octanol–water partition coefficient (Wildman–Crippen LogP) is 2.78. The van der Waals surface area contributed by atoms with E-state index in [4.69, 9.17) is 5.73 Å². The largest absolute Gasteiger partial charge is 0.370 e. The number of primary amides is 1. The van der Waals surface area contributed by atoms with Gasteiger partial charge >= 0.3 is 0 Å². The molecule has 0 unspecified atom stereocenters. The van der Waals surface area contributed by atoms with Crippen LogP contribution in [0.25, 0.3) is 0 Å². The maximum absolute atomic E-state index is 12.9. The quantitative estimate of drug-likeness (QED) is 0.752. The van der Waals surface area contributed by atoms with Crippen molar-refractivity contribution >= 4 is 17.7 Å². The summed E-state index contributed by atoms with van der Waals surface area (Å²) in [6.45, 7) is 5.02. The number of amides is 1. The molecule has 0 atom stereocenters. The second-order valence-electron chi connectivity index (χ2n) is 5.78. The fourth-order valence-corrected chi connectivity index (χ4v) is 3.05. The van der Waals surface area contributed by atoms with Crippen molar-refractivity contribution in [3.63, 3.8) is 0 Å². The number of thioether (sulfide) groups is 1. The second-order valence-corrected chi connectivity index (χ2v) is 6.73. The van der Waals surface area contributed by atoms with Crippen molar-refractivity contribution in [2.45, 2.75) is 44.1 Å². The molecule has 1 aromatic carbocycles. The molecule has 23 heavy (non-hydrogen) atoms. The van der Waals surface area contributed by atoms with E-state index in [9.17, 15) is 9.18 Å². The molecule has 0 spiro atoms. The Morgan fingerprint density at radius 3 is 2.61 bits per heavy atom. The lowest BCUT2D eigenvalue weighted by atomic mass is 10.2. The van der Waals surface area contributed by atoms with Crippen LogP contribution in [0.1, 0.15) is 31.7 Å². The van der Waals surface area contributed by atoms with E-state index < -0.39 is 0 Å². The van der Waals surface area contributed by atoms with Gasteiger partial charge in [0.05, 0.1) is 0 Å². The number of nitrogens with two attached hydrogens (primary N) is 1. The number of rotatable bonds is 8. The summed E-state index contributed by atoms with van der Waals surface area (Å²) in [6.07, 6.45) is 0.755. The first-order valence-corrected chi connectivity index (χ1v) is 8.52. The number of hydrogen-bond donors (Lipinski definition) is 1. The van der Waals surface area contributed by atoms with E-state index in [1.807, 2.05) is 4.57 Å². The third-order valence-corrected chi connectivity index (χ3v) is 4.26.